The number of aliphatic hydroxyl groups excluding tert-OH is 1. The third-order valence-electron chi connectivity index (χ3n) is 16.4. The Kier molecular flexibility index (Phi) is 23.5. The van der Waals surface area contributed by atoms with Crippen LogP contribution in [0.4, 0.5) is 0 Å². The smallest absolute Gasteiger partial charge is 0.239 e. The third-order valence-corrected chi connectivity index (χ3v) is 16.4. The molecular weight excluding hydrogens is 1090 g/mol. The van der Waals surface area contributed by atoms with E-state index in [1.165, 1.54) is 4.90 Å². The summed E-state index contributed by atoms with van der Waals surface area (Å²) in [5.74, 6) is -2.02. The van der Waals surface area contributed by atoms with Crippen molar-refractivity contribution in [3.63, 3.8) is 0 Å². The van der Waals surface area contributed by atoms with Gasteiger partial charge in [-0.2, -0.15) is 0 Å². The fraction of sp³-hybridized carbons (Fsp3) is 0.600. The van der Waals surface area contributed by atoms with Gasteiger partial charge in [0.05, 0.1) is 48.2 Å². The number of hydrogen-bond donors (Lipinski definition) is 5. The second-order valence-corrected chi connectivity index (χ2v) is 22.0. The van der Waals surface area contributed by atoms with Gasteiger partial charge in [-0.1, -0.05) is 147 Å². The van der Waals surface area contributed by atoms with Gasteiger partial charge in [-0.3, -0.25) is 38.4 Å². The second-order valence-electron chi connectivity index (χ2n) is 22.0. The fourth-order valence-corrected chi connectivity index (χ4v) is 11.5. The number of aliphatic hydroxyl groups is 1. The molecule has 5 N–H and O–H groups in total. The molecule has 420 valence electrons. The monoisotopic (exact) mass is 1170 g/mol. The van der Waals surface area contributed by atoms with Crippen molar-refractivity contribution in [1.82, 2.24) is 31.1 Å². The van der Waals surface area contributed by atoms with Crippen molar-refractivity contribution < 1.29 is 48.2 Å². The highest BCUT2D eigenvalue weighted by atomic mass is 127. The minimum atomic E-state index is -0.915. The van der Waals surface area contributed by atoms with Crippen molar-refractivity contribution in [2.45, 2.75) is 154 Å². The van der Waals surface area contributed by atoms with Gasteiger partial charge >= 0.3 is 0 Å². The molecule has 16 nitrogen and oxygen atoms in total. The zero-order valence-corrected chi connectivity index (χ0v) is 47.8. The SMILES string of the molecule is CI.CO[C@@H]1C[C@H]2C(=O)C[C@]3(C(=O)NCC(=O)NCc4ccccc4)C[C@H]3/C=C\CCCCC[C@H](C)C(=O)N2C1.C[C@H]1CCCCC/C=C\[C@@H]2C[C@@]2(C(=O)NCC(=O)NCc2ccccc2)CC(=O)[C@@H]2C[C@@H](O)CN2C1=O. The zero-order chi connectivity index (χ0) is 55.5. The van der Waals surface area contributed by atoms with Gasteiger partial charge in [-0.15, -0.1) is 0 Å². The number of methoxy groups -OCH3 is 1. The molecule has 0 bridgehead atoms. The average Bonchev–Trinajstić information content (AvgIpc) is 4.31. The summed E-state index contributed by atoms with van der Waals surface area (Å²) in [6, 6.07) is 17.8. The Morgan fingerprint density at radius 3 is 1.48 bits per heavy atom. The highest BCUT2D eigenvalue weighted by Crippen LogP contribution is 2.58. The molecule has 77 heavy (non-hydrogen) atoms. The predicted octanol–water partition coefficient (Wildman–Crippen LogP) is 6.71. The van der Waals surface area contributed by atoms with Crippen LogP contribution >= 0.6 is 22.6 Å². The number of nitrogens with one attached hydrogen (secondary N) is 4. The van der Waals surface area contributed by atoms with Crippen molar-refractivity contribution in [3.8, 4) is 0 Å². The van der Waals surface area contributed by atoms with E-state index in [0.29, 0.717) is 38.9 Å². The molecule has 2 aromatic rings. The van der Waals surface area contributed by atoms with Gasteiger partial charge < -0.3 is 40.9 Å². The van der Waals surface area contributed by atoms with E-state index >= 15 is 0 Å². The maximum atomic E-state index is 13.7. The molecule has 2 aliphatic carbocycles. The summed E-state index contributed by atoms with van der Waals surface area (Å²) in [4.78, 5) is 110. The number of Topliss-reactive ketones (excluding diaryl/α,β-unsaturated/α-hetero) is 2. The van der Waals surface area contributed by atoms with Gasteiger partial charge in [-0.25, -0.2) is 0 Å². The van der Waals surface area contributed by atoms with Crippen LogP contribution in [0, 0.1) is 34.5 Å². The number of carbonyl (C=O) groups is 8. The van der Waals surface area contributed by atoms with Crippen molar-refractivity contribution in [2.24, 2.45) is 34.5 Å². The van der Waals surface area contributed by atoms with Crippen LogP contribution in [-0.2, 0) is 56.2 Å². The molecule has 10 atom stereocenters. The molecule has 2 saturated heterocycles. The summed E-state index contributed by atoms with van der Waals surface area (Å²) in [7, 11) is 1.61. The molecule has 6 amide bonds. The lowest BCUT2D eigenvalue weighted by atomic mass is 9.90. The van der Waals surface area contributed by atoms with E-state index in [9.17, 15) is 43.5 Å². The minimum absolute atomic E-state index is 0.00293. The molecule has 0 spiro atoms. The number of alkyl halides is 1. The highest BCUT2D eigenvalue weighted by Gasteiger charge is 2.61. The summed E-state index contributed by atoms with van der Waals surface area (Å²) < 4.78 is 5.53. The number of fused-ring (bicyclic) bond motifs is 4. The summed E-state index contributed by atoms with van der Waals surface area (Å²) in [6.45, 7) is 4.84. The number of halogens is 1. The number of carbonyl (C=O) groups excluding carboxylic acids is 8. The summed E-state index contributed by atoms with van der Waals surface area (Å²) in [5, 5.41) is 21.5. The molecule has 17 heteroatoms. The first-order chi connectivity index (χ1) is 37.1. The van der Waals surface area contributed by atoms with E-state index in [1.54, 1.807) is 12.0 Å². The van der Waals surface area contributed by atoms with Crippen LogP contribution in [0.15, 0.2) is 85.0 Å². The van der Waals surface area contributed by atoms with E-state index in [-0.39, 0.29) is 116 Å². The number of ether oxygens (including phenoxy) is 1. The third kappa shape index (κ3) is 16.9. The Balaban J connectivity index is 0.000000242. The lowest BCUT2D eigenvalue weighted by molar-refractivity contribution is -0.142. The van der Waals surface area contributed by atoms with Crippen molar-refractivity contribution in [1.29, 1.82) is 0 Å². The Bertz CT molecular complexity index is 2400. The van der Waals surface area contributed by atoms with Crippen molar-refractivity contribution >= 4 is 69.6 Å². The van der Waals surface area contributed by atoms with Crippen molar-refractivity contribution in [3.05, 3.63) is 96.1 Å². The van der Waals surface area contributed by atoms with Gasteiger partial charge in [0.15, 0.2) is 11.6 Å². The quantitative estimate of drug-likeness (QED) is 0.0910. The zero-order valence-electron chi connectivity index (χ0n) is 45.7. The van der Waals surface area contributed by atoms with E-state index in [1.807, 2.05) is 85.5 Å². The minimum Gasteiger partial charge on any atom is -0.391 e. The largest absolute Gasteiger partial charge is 0.391 e. The summed E-state index contributed by atoms with van der Waals surface area (Å²) >= 11 is 2.15. The Hall–Kier alpha value is -5.27. The Labute approximate surface area is 469 Å². The molecule has 0 unspecified atom stereocenters. The highest BCUT2D eigenvalue weighted by molar-refractivity contribution is 14.1. The van der Waals surface area contributed by atoms with Gasteiger partial charge in [-0.05, 0) is 79.3 Å². The second kappa shape index (κ2) is 29.6. The lowest BCUT2D eigenvalue weighted by Crippen LogP contribution is -2.46. The standard InChI is InChI=1S/C30H41N3O5.C29H39N3O5.CH3I/c1-21-11-7-4-3-5-10-14-23-16-30(23,17-26(34)25-15-24(38-2)20-33(25)28(21)36)29(37)32-19-27(35)31-18-22-12-8-6-9-13-22;1-20-10-6-3-2-4-9-13-22-15-29(22,16-25(34)24-14-23(33)19-32(24)27(20)36)28(37)31-18-26(35)30-17-21-11-7-5-8-12-21;1-2/h6,8-10,12-14,21,23-25H,3-5,7,11,15-20H2,1-2H3,(H,31,35)(H,32,37);5,7-9,11-13,20,22-24,33H,2-4,6,10,14-19H2,1H3,(H,30,35)(H,31,37);1H3/b14-10-;13-9-;/t21-,23+,24+,25-,30+;20-,22+,23+,24-,29+;/m00./s1. The first-order valence-electron chi connectivity index (χ1n) is 27.9. The van der Waals surface area contributed by atoms with E-state index in [0.717, 1.165) is 75.3 Å². The Morgan fingerprint density at radius 1 is 0.610 bits per heavy atom. The maximum absolute atomic E-state index is 13.7. The number of allylic oxidation sites excluding steroid dienone is 4. The number of amides is 6. The number of hydrogen-bond acceptors (Lipinski definition) is 10. The first kappa shape index (κ1) is 61.0. The number of nitrogens with zero attached hydrogens (tertiary/aromatic N) is 2. The van der Waals surface area contributed by atoms with Gasteiger partial charge in [0.25, 0.3) is 0 Å². The molecule has 0 aromatic heterocycles. The van der Waals surface area contributed by atoms with Crippen LogP contribution in [0.2, 0.25) is 0 Å². The number of rotatable bonds is 11. The molecule has 4 heterocycles. The van der Waals surface area contributed by atoms with Crippen molar-refractivity contribution in [2.75, 3.05) is 38.2 Å². The molecule has 8 rings (SSSR count). The Morgan fingerprint density at radius 2 is 1.04 bits per heavy atom. The van der Waals surface area contributed by atoms with Gasteiger partial charge in [0, 0.05) is 70.8 Å². The molecule has 6 aliphatic rings. The topological polar surface area (TPSA) is 221 Å². The van der Waals surface area contributed by atoms with E-state index < -0.39 is 29.0 Å². The normalized spacial score (nSPS) is 30.4. The van der Waals surface area contributed by atoms with Crippen LogP contribution in [-0.4, -0.2) is 124 Å². The summed E-state index contributed by atoms with van der Waals surface area (Å²) in [5.41, 5.74) is 0.151. The molecule has 0 radical (unpaired) electrons. The number of ketones is 2. The lowest BCUT2D eigenvalue weighted by Gasteiger charge is -2.28. The fourth-order valence-electron chi connectivity index (χ4n) is 11.5. The van der Waals surface area contributed by atoms with Crippen LogP contribution in [0.25, 0.3) is 0 Å². The molecule has 4 fully saturated rings. The summed E-state index contributed by atoms with van der Waals surface area (Å²) in [6.07, 6.45) is 18.6. The average molecular weight is 1180 g/mol. The van der Waals surface area contributed by atoms with Crippen LogP contribution in [0.5, 0.6) is 0 Å². The van der Waals surface area contributed by atoms with Crippen LogP contribution in [0.3, 0.4) is 0 Å². The van der Waals surface area contributed by atoms with Gasteiger partial charge in [0.2, 0.25) is 35.4 Å². The molecular formula is C60H83IN6O10. The van der Waals surface area contributed by atoms with E-state index in [2.05, 4.69) is 62.1 Å². The van der Waals surface area contributed by atoms with Crippen LogP contribution in [0.1, 0.15) is 128 Å². The molecule has 2 saturated carbocycles. The molecule has 2 aromatic carbocycles. The molecule has 4 aliphatic heterocycles. The van der Waals surface area contributed by atoms with Gasteiger partial charge in [0.1, 0.15) is 0 Å². The van der Waals surface area contributed by atoms with Crippen LogP contribution < -0.4 is 21.3 Å². The predicted molar refractivity (Wildman–Crippen MR) is 303 cm³/mol. The number of benzene rings is 2. The first-order valence-corrected chi connectivity index (χ1v) is 30.1. The maximum Gasteiger partial charge on any atom is 0.239 e. The van der Waals surface area contributed by atoms with E-state index in [4.69, 9.17) is 4.74 Å².